The van der Waals surface area contributed by atoms with Crippen LogP contribution in [0.5, 0.6) is 0 Å². The Balaban J connectivity index is 1.27. The van der Waals surface area contributed by atoms with Gasteiger partial charge in [-0.3, -0.25) is 14.6 Å². The zero-order valence-corrected chi connectivity index (χ0v) is 32.4. The van der Waals surface area contributed by atoms with E-state index in [0.717, 1.165) is 17.0 Å². The average Bonchev–Trinajstić information content (AvgIpc) is 3.52. The first kappa shape index (κ1) is 41.4. The molecule has 2 aromatic heterocycles. The molecule has 1 amide bonds. The van der Waals surface area contributed by atoms with Gasteiger partial charge >= 0.3 is 11.9 Å². The van der Waals surface area contributed by atoms with Gasteiger partial charge in [0.2, 0.25) is 0 Å². The van der Waals surface area contributed by atoms with E-state index in [1.165, 1.54) is 12.1 Å². The zero-order chi connectivity index (χ0) is 40.4. The van der Waals surface area contributed by atoms with Crippen molar-refractivity contribution in [3.05, 3.63) is 125 Å². The lowest BCUT2D eigenvalue weighted by atomic mass is 9.94. The second-order valence-corrected chi connectivity index (χ2v) is 14.1. The van der Waals surface area contributed by atoms with Gasteiger partial charge in [0, 0.05) is 29.9 Å². The summed E-state index contributed by atoms with van der Waals surface area (Å²) in [6.07, 6.45) is -2.20. The number of hydrogen-bond donors (Lipinski definition) is 3. The minimum atomic E-state index is -1.18. The molecule has 5 aromatic rings. The Morgan fingerprint density at radius 3 is 2.07 bits per heavy atom. The Kier molecular flexibility index (Phi) is 14.2. The van der Waals surface area contributed by atoms with E-state index in [2.05, 4.69) is 15.3 Å². The van der Waals surface area contributed by atoms with Crippen LogP contribution in [0.1, 0.15) is 89.1 Å². The number of aryl methyl sites for hydroxylation is 3. The monoisotopic (exact) mass is 764 g/mol. The number of esters is 2. The molecular weight excluding hydrogens is 716 g/mol. The number of halogens is 1. The van der Waals surface area contributed by atoms with Crippen LogP contribution in [0.3, 0.4) is 0 Å². The second-order valence-electron chi connectivity index (χ2n) is 14.1. The summed E-state index contributed by atoms with van der Waals surface area (Å²) in [6.45, 7) is 9.46. The average molecular weight is 765 g/mol. The number of hydrogen-bond acceptors (Lipinski definition) is 9. The van der Waals surface area contributed by atoms with E-state index in [4.69, 9.17) is 9.47 Å². The van der Waals surface area contributed by atoms with E-state index in [0.29, 0.717) is 39.5 Å². The molecule has 12 heteroatoms. The molecule has 0 aliphatic carbocycles. The van der Waals surface area contributed by atoms with Crippen LogP contribution in [0.2, 0.25) is 0 Å². The molecule has 0 saturated heterocycles. The normalized spacial score (nSPS) is 12.3. The predicted octanol–water partition coefficient (Wildman–Crippen LogP) is 7.73. The van der Waals surface area contributed by atoms with E-state index < -0.39 is 30.0 Å². The number of benzene rings is 3. The Morgan fingerprint density at radius 2 is 1.41 bits per heavy atom. The molecule has 5 rings (SSSR count). The maximum absolute atomic E-state index is 14.3. The van der Waals surface area contributed by atoms with Gasteiger partial charge in [-0.1, -0.05) is 62.4 Å². The van der Waals surface area contributed by atoms with Crippen molar-refractivity contribution in [2.45, 2.75) is 85.0 Å². The maximum Gasteiger partial charge on any atom is 0.358 e. The first-order valence-electron chi connectivity index (χ1n) is 18.8. The SMILES string of the molecule is Cc1nc(C)c(C(=O)OCCCOC(=O)C[C@H](O)C[C@H](O)CCn2c(-c3ccc(F)cc3)c(-c3ccccc3)c(C(=O)Nc3ccccc3)c2C(C)C)nc1C. The summed E-state index contributed by atoms with van der Waals surface area (Å²) < 4.78 is 26.7. The number of rotatable bonds is 17. The molecule has 3 aromatic carbocycles. The van der Waals surface area contributed by atoms with Gasteiger partial charge in [-0.05, 0) is 87.1 Å². The second kappa shape index (κ2) is 19.2. The summed E-state index contributed by atoms with van der Waals surface area (Å²) in [4.78, 5) is 47.8. The number of anilines is 1. The standard InChI is InChI=1S/C44H49FN4O7/c1-27(2)41-39(43(53)48-34-15-10-7-11-16-34)38(31-13-8-6-9-14-31)42(32-17-19-33(45)20-18-32)49(41)22-21-35(50)25-36(51)26-37(52)55-23-12-24-56-44(54)40-30(5)46-28(3)29(4)47-40/h6-11,13-20,27,35-36,50-51H,12,21-26H2,1-5H3,(H,48,53)/t35-,36-/m1/s1. The Bertz CT molecular complexity index is 2120. The molecule has 56 heavy (non-hydrogen) atoms. The van der Waals surface area contributed by atoms with Crippen LogP contribution in [0.15, 0.2) is 84.9 Å². The van der Waals surface area contributed by atoms with Gasteiger partial charge < -0.3 is 29.6 Å². The number of para-hydroxylation sites is 1. The van der Waals surface area contributed by atoms with Crippen molar-refractivity contribution in [1.29, 1.82) is 0 Å². The zero-order valence-electron chi connectivity index (χ0n) is 32.4. The fourth-order valence-electron chi connectivity index (χ4n) is 6.64. The molecule has 3 N–H and O–H groups in total. The van der Waals surface area contributed by atoms with Crippen molar-refractivity contribution >= 4 is 23.5 Å². The van der Waals surface area contributed by atoms with Crippen molar-refractivity contribution in [3.63, 3.8) is 0 Å². The van der Waals surface area contributed by atoms with Crippen molar-refractivity contribution in [2.75, 3.05) is 18.5 Å². The highest BCUT2D eigenvalue weighted by atomic mass is 19.1. The summed E-state index contributed by atoms with van der Waals surface area (Å²) in [5, 5.41) is 24.9. The number of aliphatic hydroxyl groups excluding tert-OH is 2. The summed E-state index contributed by atoms with van der Waals surface area (Å²) in [5.74, 6) is -2.11. The van der Waals surface area contributed by atoms with Crippen molar-refractivity contribution in [2.24, 2.45) is 0 Å². The van der Waals surface area contributed by atoms with Gasteiger partial charge in [0.25, 0.3) is 5.91 Å². The summed E-state index contributed by atoms with van der Waals surface area (Å²) in [5.41, 5.74) is 6.66. The summed E-state index contributed by atoms with van der Waals surface area (Å²) in [7, 11) is 0. The van der Waals surface area contributed by atoms with E-state index in [-0.39, 0.29) is 63.0 Å². The molecule has 0 saturated carbocycles. The number of carbonyl (C=O) groups is 3. The first-order valence-corrected chi connectivity index (χ1v) is 18.8. The molecule has 11 nitrogen and oxygen atoms in total. The van der Waals surface area contributed by atoms with Gasteiger partial charge in [0.1, 0.15) is 5.82 Å². The molecule has 0 aliphatic rings. The Hall–Kier alpha value is -5.72. The lowest BCUT2D eigenvalue weighted by Gasteiger charge is -2.20. The molecule has 0 aliphatic heterocycles. The third-order valence-electron chi connectivity index (χ3n) is 9.38. The highest BCUT2D eigenvalue weighted by Gasteiger charge is 2.31. The van der Waals surface area contributed by atoms with Crippen LogP contribution in [0.4, 0.5) is 10.1 Å². The lowest BCUT2D eigenvalue weighted by molar-refractivity contribution is -0.146. The van der Waals surface area contributed by atoms with Crippen molar-refractivity contribution in [1.82, 2.24) is 14.5 Å². The van der Waals surface area contributed by atoms with Gasteiger partial charge in [-0.25, -0.2) is 14.2 Å². The van der Waals surface area contributed by atoms with Crippen LogP contribution in [-0.2, 0) is 20.8 Å². The largest absolute Gasteiger partial charge is 0.465 e. The van der Waals surface area contributed by atoms with Crippen LogP contribution < -0.4 is 5.32 Å². The number of carbonyl (C=O) groups excluding carboxylic acids is 3. The minimum Gasteiger partial charge on any atom is -0.465 e. The third kappa shape index (κ3) is 10.5. The molecule has 0 unspecified atom stereocenters. The number of nitrogens with zero attached hydrogens (tertiary/aromatic N) is 3. The number of aliphatic hydroxyl groups is 2. The molecule has 294 valence electrons. The molecule has 0 fully saturated rings. The maximum atomic E-state index is 14.3. The smallest absolute Gasteiger partial charge is 0.358 e. The van der Waals surface area contributed by atoms with Crippen LogP contribution >= 0.6 is 0 Å². The summed E-state index contributed by atoms with van der Waals surface area (Å²) >= 11 is 0. The van der Waals surface area contributed by atoms with E-state index in [1.54, 1.807) is 26.0 Å². The number of aromatic nitrogens is 3. The quantitative estimate of drug-likeness (QED) is 0.0638. The Morgan fingerprint density at radius 1 is 0.786 bits per heavy atom. The van der Waals surface area contributed by atoms with Crippen LogP contribution in [0.25, 0.3) is 22.4 Å². The molecular formula is C44H49FN4O7. The van der Waals surface area contributed by atoms with Gasteiger partial charge in [-0.2, -0.15) is 0 Å². The molecule has 2 heterocycles. The van der Waals surface area contributed by atoms with Crippen molar-refractivity contribution in [3.8, 4) is 22.4 Å². The summed E-state index contributed by atoms with van der Waals surface area (Å²) in [6, 6.07) is 24.8. The third-order valence-corrected chi connectivity index (χ3v) is 9.38. The minimum absolute atomic E-state index is 0.000703. The van der Waals surface area contributed by atoms with E-state index in [1.807, 2.05) is 86.0 Å². The fourth-order valence-corrected chi connectivity index (χ4v) is 6.64. The van der Waals surface area contributed by atoms with Gasteiger partial charge in [0.05, 0.1) is 60.2 Å². The molecule has 2 atom stereocenters. The Labute approximate surface area is 326 Å². The van der Waals surface area contributed by atoms with Crippen LogP contribution in [-0.4, -0.2) is 68.0 Å². The first-order chi connectivity index (χ1) is 26.8. The number of ether oxygens (including phenoxy) is 2. The highest BCUT2D eigenvalue weighted by Crippen LogP contribution is 2.42. The topological polar surface area (TPSA) is 153 Å². The fraction of sp³-hybridized carbons (Fsp3) is 0.341. The van der Waals surface area contributed by atoms with Crippen molar-refractivity contribution < 1.29 is 38.5 Å². The molecule has 0 radical (unpaired) electrons. The predicted molar refractivity (Wildman–Crippen MR) is 212 cm³/mol. The van der Waals surface area contributed by atoms with Gasteiger partial charge in [0.15, 0.2) is 5.69 Å². The number of nitrogens with one attached hydrogen (secondary N) is 1. The highest BCUT2D eigenvalue weighted by molar-refractivity contribution is 6.12. The van der Waals surface area contributed by atoms with Crippen LogP contribution in [0, 0.1) is 26.6 Å². The molecule has 0 bridgehead atoms. The van der Waals surface area contributed by atoms with Gasteiger partial charge in [-0.15, -0.1) is 0 Å². The van der Waals surface area contributed by atoms with E-state index in [9.17, 15) is 29.0 Å². The molecule has 0 spiro atoms. The van der Waals surface area contributed by atoms with E-state index >= 15 is 0 Å². The number of amides is 1. The lowest BCUT2D eigenvalue weighted by Crippen LogP contribution is -2.24.